The lowest BCUT2D eigenvalue weighted by Crippen LogP contribution is -2.38. The van der Waals surface area contributed by atoms with Gasteiger partial charge in [0.25, 0.3) is 0 Å². The summed E-state index contributed by atoms with van der Waals surface area (Å²) in [5.41, 5.74) is 5.50. The maximum absolute atomic E-state index is 5.79. The summed E-state index contributed by atoms with van der Waals surface area (Å²) in [5, 5.41) is 0. The second-order valence-corrected chi connectivity index (χ2v) is 4.56. The van der Waals surface area contributed by atoms with Gasteiger partial charge < -0.3 is 10.5 Å². The predicted octanol–water partition coefficient (Wildman–Crippen LogP) is 2.57. The Labute approximate surface area is 87.2 Å². The molecule has 0 atom stereocenters. The molecule has 0 amide bonds. The summed E-state index contributed by atoms with van der Waals surface area (Å²) in [5.74, 6) is 0.834. The van der Waals surface area contributed by atoms with Gasteiger partial charge in [0.05, 0.1) is 4.47 Å². The number of nitrogens with two attached hydrogens (primary N) is 1. The van der Waals surface area contributed by atoms with Crippen molar-refractivity contribution in [2.24, 2.45) is 5.73 Å². The van der Waals surface area contributed by atoms with Crippen LogP contribution in [0.15, 0.2) is 28.7 Å². The summed E-state index contributed by atoms with van der Waals surface area (Å²) in [7, 11) is 0. The monoisotopic (exact) mass is 243 g/mol. The van der Waals surface area contributed by atoms with Crippen LogP contribution in [0.3, 0.4) is 0 Å². The first-order chi connectivity index (χ1) is 5.99. The van der Waals surface area contributed by atoms with Gasteiger partial charge in [0, 0.05) is 5.54 Å². The summed E-state index contributed by atoms with van der Waals surface area (Å²) in [4.78, 5) is 0. The Hall–Kier alpha value is -0.540. The first-order valence-electron chi connectivity index (χ1n) is 4.15. The molecule has 0 radical (unpaired) electrons. The van der Waals surface area contributed by atoms with Crippen molar-refractivity contribution in [1.29, 1.82) is 0 Å². The maximum atomic E-state index is 5.79. The Kier molecular flexibility index (Phi) is 3.33. The van der Waals surface area contributed by atoms with E-state index in [1.54, 1.807) is 0 Å². The van der Waals surface area contributed by atoms with E-state index >= 15 is 0 Å². The van der Waals surface area contributed by atoms with Gasteiger partial charge in [0.15, 0.2) is 0 Å². The van der Waals surface area contributed by atoms with Gasteiger partial charge in [-0.15, -0.1) is 0 Å². The summed E-state index contributed by atoms with van der Waals surface area (Å²) in [6.45, 7) is 4.38. The topological polar surface area (TPSA) is 35.2 Å². The molecule has 13 heavy (non-hydrogen) atoms. The summed E-state index contributed by atoms with van der Waals surface area (Å²) in [6.07, 6.45) is 0. The quantitative estimate of drug-likeness (QED) is 0.886. The van der Waals surface area contributed by atoms with E-state index in [-0.39, 0.29) is 5.54 Å². The second kappa shape index (κ2) is 4.11. The minimum atomic E-state index is -0.296. The zero-order chi connectivity index (χ0) is 9.90. The van der Waals surface area contributed by atoms with Crippen molar-refractivity contribution < 1.29 is 4.74 Å². The van der Waals surface area contributed by atoms with Gasteiger partial charge in [-0.3, -0.25) is 0 Å². The molecule has 2 N–H and O–H groups in total. The van der Waals surface area contributed by atoms with Crippen LogP contribution in [0, 0.1) is 0 Å². The van der Waals surface area contributed by atoms with E-state index in [1.165, 1.54) is 0 Å². The van der Waals surface area contributed by atoms with Gasteiger partial charge in [-0.25, -0.2) is 0 Å². The fourth-order valence-corrected chi connectivity index (χ4v) is 1.22. The number of hydrogen-bond acceptors (Lipinski definition) is 2. The van der Waals surface area contributed by atoms with Crippen LogP contribution in [0.4, 0.5) is 0 Å². The fourth-order valence-electron chi connectivity index (χ4n) is 0.826. The van der Waals surface area contributed by atoms with Gasteiger partial charge in [-0.2, -0.15) is 0 Å². The van der Waals surface area contributed by atoms with Crippen LogP contribution in [0.1, 0.15) is 13.8 Å². The van der Waals surface area contributed by atoms with Crippen LogP contribution in [-0.2, 0) is 0 Å². The van der Waals surface area contributed by atoms with Crippen molar-refractivity contribution in [3.05, 3.63) is 28.7 Å². The molecule has 3 heteroatoms. The molecule has 0 spiro atoms. The molecule has 0 bridgehead atoms. The van der Waals surface area contributed by atoms with Crippen molar-refractivity contribution in [3.63, 3.8) is 0 Å². The Bertz CT molecular complexity index is 280. The van der Waals surface area contributed by atoms with Gasteiger partial charge >= 0.3 is 0 Å². The van der Waals surface area contributed by atoms with Crippen molar-refractivity contribution in [3.8, 4) is 5.75 Å². The maximum Gasteiger partial charge on any atom is 0.133 e. The molecular weight excluding hydrogens is 230 g/mol. The van der Waals surface area contributed by atoms with E-state index < -0.39 is 0 Å². The highest BCUT2D eigenvalue weighted by atomic mass is 79.9. The fraction of sp³-hybridized carbons (Fsp3) is 0.400. The van der Waals surface area contributed by atoms with Crippen LogP contribution < -0.4 is 10.5 Å². The third-order valence-electron chi connectivity index (χ3n) is 1.44. The smallest absolute Gasteiger partial charge is 0.133 e. The predicted molar refractivity (Wildman–Crippen MR) is 57.9 cm³/mol. The van der Waals surface area contributed by atoms with E-state index in [0.717, 1.165) is 10.2 Å². The van der Waals surface area contributed by atoms with Crippen molar-refractivity contribution >= 4 is 15.9 Å². The molecule has 0 heterocycles. The third kappa shape index (κ3) is 3.79. The third-order valence-corrected chi connectivity index (χ3v) is 2.09. The molecule has 1 aromatic carbocycles. The molecule has 0 aromatic heterocycles. The van der Waals surface area contributed by atoms with E-state index in [9.17, 15) is 0 Å². The first-order valence-corrected chi connectivity index (χ1v) is 4.94. The van der Waals surface area contributed by atoms with E-state index in [1.807, 2.05) is 38.1 Å². The lowest BCUT2D eigenvalue weighted by atomic mass is 10.1. The Balaban J connectivity index is 2.60. The van der Waals surface area contributed by atoms with Gasteiger partial charge in [0.2, 0.25) is 0 Å². The molecular formula is C10H14BrNO. The number of ether oxygens (including phenoxy) is 1. The number of hydrogen-bond donors (Lipinski definition) is 1. The average Bonchev–Trinajstić information content (AvgIpc) is 2.01. The molecule has 0 saturated carbocycles. The Morgan fingerprint density at radius 2 is 2.00 bits per heavy atom. The molecule has 0 aliphatic heterocycles. The van der Waals surface area contributed by atoms with Crippen molar-refractivity contribution in [2.75, 3.05) is 6.61 Å². The van der Waals surface area contributed by atoms with E-state index in [2.05, 4.69) is 15.9 Å². The first kappa shape index (κ1) is 10.5. The SMILES string of the molecule is CC(C)(N)COc1ccccc1Br. The molecule has 0 fully saturated rings. The molecule has 0 aliphatic carbocycles. The molecule has 0 unspecified atom stereocenters. The summed E-state index contributed by atoms with van der Waals surface area (Å²) < 4.78 is 6.49. The number of halogens is 1. The van der Waals surface area contributed by atoms with Crippen LogP contribution in [0.25, 0.3) is 0 Å². The lowest BCUT2D eigenvalue weighted by Gasteiger charge is -2.19. The molecule has 0 saturated heterocycles. The summed E-state index contributed by atoms with van der Waals surface area (Å²) >= 11 is 3.40. The highest BCUT2D eigenvalue weighted by Gasteiger charge is 2.11. The van der Waals surface area contributed by atoms with Crippen molar-refractivity contribution in [1.82, 2.24) is 0 Å². The Morgan fingerprint density at radius 3 is 2.54 bits per heavy atom. The zero-order valence-corrected chi connectivity index (χ0v) is 9.47. The molecule has 2 nitrogen and oxygen atoms in total. The van der Waals surface area contributed by atoms with Crippen molar-refractivity contribution in [2.45, 2.75) is 19.4 Å². The summed E-state index contributed by atoms with van der Waals surface area (Å²) in [6, 6.07) is 7.74. The minimum absolute atomic E-state index is 0.296. The van der Waals surface area contributed by atoms with Crippen LogP contribution >= 0.6 is 15.9 Å². The highest BCUT2D eigenvalue weighted by molar-refractivity contribution is 9.10. The van der Waals surface area contributed by atoms with Gasteiger partial charge in [-0.05, 0) is 41.9 Å². The molecule has 1 aromatic rings. The van der Waals surface area contributed by atoms with Gasteiger partial charge in [0.1, 0.15) is 12.4 Å². The lowest BCUT2D eigenvalue weighted by molar-refractivity contribution is 0.242. The van der Waals surface area contributed by atoms with Crippen LogP contribution in [0.2, 0.25) is 0 Å². The van der Waals surface area contributed by atoms with Crippen LogP contribution in [0.5, 0.6) is 5.75 Å². The van der Waals surface area contributed by atoms with E-state index in [0.29, 0.717) is 6.61 Å². The number of benzene rings is 1. The number of rotatable bonds is 3. The largest absolute Gasteiger partial charge is 0.491 e. The van der Waals surface area contributed by atoms with Crippen LogP contribution in [-0.4, -0.2) is 12.1 Å². The van der Waals surface area contributed by atoms with E-state index in [4.69, 9.17) is 10.5 Å². The Morgan fingerprint density at radius 1 is 1.38 bits per heavy atom. The highest BCUT2D eigenvalue weighted by Crippen LogP contribution is 2.24. The molecule has 0 aliphatic rings. The molecule has 1 rings (SSSR count). The average molecular weight is 244 g/mol. The number of para-hydroxylation sites is 1. The standard InChI is InChI=1S/C10H14BrNO/c1-10(2,12)7-13-9-6-4-3-5-8(9)11/h3-6H,7,12H2,1-2H3. The second-order valence-electron chi connectivity index (χ2n) is 3.71. The zero-order valence-electron chi connectivity index (χ0n) is 7.88. The minimum Gasteiger partial charge on any atom is -0.491 e. The normalized spacial score (nSPS) is 11.4. The molecule has 72 valence electrons. The van der Waals surface area contributed by atoms with Gasteiger partial charge in [-0.1, -0.05) is 12.1 Å².